The van der Waals surface area contributed by atoms with Gasteiger partial charge in [0.25, 0.3) is 0 Å². The number of carbonyl (C=O) groups is 1. The van der Waals surface area contributed by atoms with Crippen molar-refractivity contribution in [2.45, 2.75) is 4.90 Å². The maximum Gasteiger partial charge on any atom is 0.243 e. The molecule has 0 bridgehead atoms. The number of hydrogen-bond acceptors (Lipinski definition) is 4. The number of carbonyl (C=O) groups excluding carboxylic acids is 1. The summed E-state index contributed by atoms with van der Waals surface area (Å²) < 4.78 is 38.3. The van der Waals surface area contributed by atoms with Crippen molar-refractivity contribution >= 4 is 21.6 Å². The number of nitrogens with zero attached hydrogens (tertiary/aromatic N) is 2. The van der Waals surface area contributed by atoms with Gasteiger partial charge in [0.1, 0.15) is 5.82 Å². The van der Waals surface area contributed by atoms with E-state index in [1.54, 1.807) is 0 Å². The second-order valence-electron chi connectivity index (χ2n) is 4.27. The predicted octanol–water partition coefficient (Wildman–Crippen LogP) is 0.117. The van der Waals surface area contributed by atoms with Crippen LogP contribution < -0.4 is 5.73 Å². The highest BCUT2D eigenvalue weighted by atomic mass is 32.2. The molecule has 0 aliphatic heterocycles. The van der Waals surface area contributed by atoms with Crippen LogP contribution in [0.3, 0.4) is 0 Å². The van der Waals surface area contributed by atoms with Crippen LogP contribution in [0.5, 0.6) is 0 Å². The average Bonchev–Trinajstić information content (AvgIpc) is 2.27. The normalized spacial score (nSPS) is 11.6. The van der Waals surface area contributed by atoms with Crippen LogP contribution in [0.4, 0.5) is 10.1 Å². The van der Waals surface area contributed by atoms with E-state index < -0.39 is 15.8 Å². The molecule has 0 aliphatic carbocycles. The molecule has 0 heterocycles. The average molecular weight is 289 g/mol. The van der Waals surface area contributed by atoms with Gasteiger partial charge in [-0.3, -0.25) is 4.79 Å². The van der Waals surface area contributed by atoms with E-state index in [9.17, 15) is 17.6 Å². The lowest BCUT2D eigenvalue weighted by molar-refractivity contribution is -0.128. The number of anilines is 1. The summed E-state index contributed by atoms with van der Waals surface area (Å²) in [7, 11) is 0.335. The van der Waals surface area contributed by atoms with Crippen molar-refractivity contribution < 1.29 is 17.6 Å². The third-order valence-electron chi connectivity index (χ3n) is 2.46. The molecule has 0 saturated heterocycles. The monoisotopic (exact) mass is 289 g/mol. The molecule has 0 radical (unpaired) electrons. The number of sulfonamides is 1. The molecule has 0 aliphatic rings. The number of benzene rings is 1. The summed E-state index contributed by atoms with van der Waals surface area (Å²) in [6, 6.07) is 3.03. The van der Waals surface area contributed by atoms with Gasteiger partial charge in [0.05, 0.1) is 11.4 Å². The maximum absolute atomic E-state index is 13.2. The third-order valence-corrected chi connectivity index (χ3v) is 4.24. The Labute approximate surface area is 111 Å². The van der Waals surface area contributed by atoms with Gasteiger partial charge in [0.15, 0.2) is 0 Å². The number of rotatable bonds is 4. The van der Waals surface area contributed by atoms with E-state index in [-0.39, 0.29) is 23.0 Å². The molecule has 0 spiro atoms. The van der Waals surface area contributed by atoms with E-state index in [4.69, 9.17) is 5.73 Å². The lowest BCUT2D eigenvalue weighted by Gasteiger charge is -2.19. The van der Waals surface area contributed by atoms with Gasteiger partial charge in [-0.25, -0.2) is 12.8 Å². The quantitative estimate of drug-likeness (QED) is 0.798. The molecule has 1 rings (SSSR count). The fraction of sp³-hybridized carbons (Fsp3) is 0.364. The van der Waals surface area contributed by atoms with Gasteiger partial charge in [0, 0.05) is 26.8 Å². The summed E-state index contributed by atoms with van der Waals surface area (Å²) >= 11 is 0. The van der Waals surface area contributed by atoms with Crippen LogP contribution in [0.25, 0.3) is 0 Å². The van der Waals surface area contributed by atoms with Crippen LogP contribution >= 0.6 is 0 Å². The Hall–Kier alpha value is -1.67. The number of nitrogen functional groups attached to an aromatic ring is 1. The minimum absolute atomic E-state index is 0.00547. The number of hydrogen-bond donors (Lipinski definition) is 1. The Balaban J connectivity index is 3.06. The minimum atomic E-state index is -3.95. The second-order valence-corrected chi connectivity index (χ2v) is 6.31. The van der Waals surface area contributed by atoms with Gasteiger partial charge in [-0.2, -0.15) is 4.31 Å². The fourth-order valence-corrected chi connectivity index (χ4v) is 2.52. The van der Waals surface area contributed by atoms with E-state index in [0.29, 0.717) is 0 Å². The van der Waals surface area contributed by atoms with E-state index in [2.05, 4.69) is 0 Å². The number of halogens is 1. The van der Waals surface area contributed by atoms with Crippen LogP contribution in [0.15, 0.2) is 23.1 Å². The highest BCUT2D eigenvalue weighted by Gasteiger charge is 2.24. The minimum Gasteiger partial charge on any atom is -0.399 e. The van der Waals surface area contributed by atoms with Gasteiger partial charge in [-0.15, -0.1) is 0 Å². The number of amides is 1. The first kappa shape index (κ1) is 15.4. The molecule has 2 N–H and O–H groups in total. The van der Waals surface area contributed by atoms with Gasteiger partial charge < -0.3 is 10.6 Å². The molecule has 0 aromatic heterocycles. The van der Waals surface area contributed by atoms with Gasteiger partial charge in [0.2, 0.25) is 15.9 Å². The van der Waals surface area contributed by atoms with Crippen LogP contribution in [-0.4, -0.2) is 51.2 Å². The van der Waals surface area contributed by atoms with E-state index >= 15 is 0 Å². The summed E-state index contributed by atoms with van der Waals surface area (Å²) in [5.74, 6) is -1.12. The maximum atomic E-state index is 13.2. The Morgan fingerprint density at radius 3 is 2.32 bits per heavy atom. The van der Waals surface area contributed by atoms with Crippen molar-refractivity contribution in [3.05, 3.63) is 24.0 Å². The molecule has 1 aromatic carbocycles. The first-order chi connectivity index (χ1) is 8.64. The summed E-state index contributed by atoms with van der Waals surface area (Å²) in [6.07, 6.45) is 0. The molecule has 6 nitrogen and oxygen atoms in total. The van der Waals surface area contributed by atoms with Crippen molar-refractivity contribution in [2.75, 3.05) is 33.4 Å². The fourth-order valence-electron chi connectivity index (χ4n) is 1.33. The van der Waals surface area contributed by atoms with E-state index in [1.165, 1.54) is 26.0 Å². The lowest BCUT2D eigenvalue weighted by atomic mass is 10.3. The smallest absolute Gasteiger partial charge is 0.243 e. The lowest BCUT2D eigenvalue weighted by Crippen LogP contribution is -2.37. The zero-order valence-corrected chi connectivity index (χ0v) is 11.7. The van der Waals surface area contributed by atoms with Gasteiger partial charge >= 0.3 is 0 Å². The second kappa shape index (κ2) is 5.54. The third kappa shape index (κ3) is 3.65. The molecular formula is C11H16FN3O3S. The van der Waals surface area contributed by atoms with Crippen molar-refractivity contribution in [2.24, 2.45) is 0 Å². The van der Waals surface area contributed by atoms with Gasteiger partial charge in [-0.05, 0) is 18.2 Å². The largest absolute Gasteiger partial charge is 0.399 e. The Kier molecular flexibility index (Phi) is 4.48. The molecule has 0 fully saturated rings. The molecular weight excluding hydrogens is 273 g/mol. The SMILES string of the molecule is CN(C)C(=O)CN(C)S(=O)(=O)c1cc(N)cc(F)c1. The molecule has 19 heavy (non-hydrogen) atoms. The Morgan fingerprint density at radius 2 is 1.84 bits per heavy atom. The van der Waals surface area contributed by atoms with Crippen LogP contribution in [0, 0.1) is 5.82 Å². The molecule has 106 valence electrons. The predicted molar refractivity (Wildman–Crippen MR) is 69.3 cm³/mol. The summed E-state index contributed by atoms with van der Waals surface area (Å²) in [5, 5.41) is 0. The van der Waals surface area contributed by atoms with Crippen molar-refractivity contribution in [3.63, 3.8) is 0 Å². The van der Waals surface area contributed by atoms with Crippen LogP contribution in [0.1, 0.15) is 0 Å². The Bertz CT molecular complexity index is 567. The molecule has 1 amide bonds. The number of likely N-dealkylation sites (N-methyl/N-ethyl adjacent to an activating group) is 2. The van der Waals surface area contributed by atoms with E-state index in [0.717, 1.165) is 22.5 Å². The highest BCUT2D eigenvalue weighted by molar-refractivity contribution is 7.89. The zero-order chi connectivity index (χ0) is 14.8. The summed E-state index contributed by atoms with van der Waals surface area (Å²) in [4.78, 5) is 12.5. The molecule has 0 unspecified atom stereocenters. The number of nitrogens with two attached hydrogens (primary N) is 1. The Morgan fingerprint density at radius 1 is 1.26 bits per heavy atom. The van der Waals surface area contributed by atoms with Crippen molar-refractivity contribution in [1.82, 2.24) is 9.21 Å². The molecule has 0 saturated carbocycles. The first-order valence-electron chi connectivity index (χ1n) is 5.37. The van der Waals surface area contributed by atoms with E-state index in [1.807, 2.05) is 0 Å². The van der Waals surface area contributed by atoms with Gasteiger partial charge in [-0.1, -0.05) is 0 Å². The summed E-state index contributed by atoms with van der Waals surface area (Å²) in [6.45, 7) is -0.328. The highest BCUT2D eigenvalue weighted by Crippen LogP contribution is 2.19. The topological polar surface area (TPSA) is 83.7 Å². The van der Waals surface area contributed by atoms with Crippen LogP contribution in [-0.2, 0) is 14.8 Å². The van der Waals surface area contributed by atoms with Crippen molar-refractivity contribution in [1.29, 1.82) is 0 Å². The first-order valence-corrected chi connectivity index (χ1v) is 6.81. The van der Waals surface area contributed by atoms with Crippen LogP contribution in [0.2, 0.25) is 0 Å². The molecule has 0 atom stereocenters. The zero-order valence-electron chi connectivity index (χ0n) is 10.9. The van der Waals surface area contributed by atoms with Crippen molar-refractivity contribution in [3.8, 4) is 0 Å². The molecule has 8 heteroatoms. The summed E-state index contributed by atoms with van der Waals surface area (Å²) in [5.41, 5.74) is 5.41. The standard InChI is InChI=1S/C11H16FN3O3S/c1-14(2)11(16)7-15(3)19(17,18)10-5-8(12)4-9(13)6-10/h4-6H,7,13H2,1-3H3. The molecule has 1 aromatic rings.